The van der Waals surface area contributed by atoms with Gasteiger partial charge in [0.25, 0.3) is 0 Å². The van der Waals surface area contributed by atoms with Crippen LogP contribution in [0.2, 0.25) is 0 Å². The third-order valence-electron chi connectivity index (χ3n) is 1.76. The lowest BCUT2D eigenvalue weighted by Crippen LogP contribution is -1.79. The molecule has 1 rings (SSSR count). The summed E-state index contributed by atoms with van der Waals surface area (Å²) >= 11 is 0. The van der Waals surface area contributed by atoms with Gasteiger partial charge in [-0.3, -0.25) is 0 Å². The summed E-state index contributed by atoms with van der Waals surface area (Å²) < 4.78 is 0. The molecule has 0 heteroatoms. The third kappa shape index (κ3) is 2.75. The topological polar surface area (TPSA) is 0 Å². The first-order chi connectivity index (χ1) is 5.83. The van der Waals surface area contributed by atoms with E-state index in [1.807, 2.05) is 24.3 Å². The van der Waals surface area contributed by atoms with E-state index in [-0.39, 0.29) is 0 Å². The van der Waals surface area contributed by atoms with Gasteiger partial charge in [0, 0.05) is 0 Å². The molecular formula is C12H14. The highest BCUT2D eigenvalue weighted by atomic mass is 13.9. The van der Waals surface area contributed by atoms with Crippen LogP contribution in [0.3, 0.4) is 0 Å². The summed E-state index contributed by atoms with van der Waals surface area (Å²) in [5, 5.41) is 0. The van der Waals surface area contributed by atoms with Crippen LogP contribution < -0.4 is 0 Å². The Bertz CT molecular complexity index is 257. The highest BCUT2D eigenvalue weighted by Crippen LogP contribution is 2.05. The van der Waals surface area contributed by atoms with Gasteiger partial charge in [-0.05, 0) is 11.5 Å². The predicted molar refractivity (Wildman–Crippen MR) is 54.8 cm³/mol. The molecule has 0 aliphatic carbocycles. The second kappa shape index (κ2) is 4.55. The minimum absolute atomic E-state index is 0.449. The average Bonchev–Trinajstić information content (AvgIpc) is 2.16. The van der Waals surface area contributed by atoms with Crippen LogP contribution in [0, 0.1) is 5.92 Å². The van der Waals surface area contributed by atoms with Gasteiger partial charge in [-0.1, -0.05) is 55.5 Å². The zero-order valence-electron chi connectivity index (χ0n) is 7.40. The van der Waals surface area contributed by atoms with Crippen LogP contribution in [-0.2, 0) is 0 Å². The van der Waals surface area contributed by atoms with Crippen LogP contribution in [0.5, 0.6) is 0 Å². The van der Waals surface area contributed by atoms with Gasteiger partial charge in [-0.25, -0.2) is 0 Å². The zero-order chi connectivity index (χ0) is 8.81. The van der Waals surface area contributed by atoms with E-state index in [0.29, 0.717) is 5.92 Å². The molecule has 0 heterocycles. The van der Waals surface area contributed by atoms with Crippen molar-refractivity contribution in [1.82, 2.24) is 0 Å². The van der Waals surface area contributed by atoms with E-state index in [1.165, 1.54) is 5.56 Å². The third-order valence-corrected chi connectivity index (χ3v) is 1.76. The van der Waals surface area contributed by atoms with Crippen LogP contribution in [0.25, 0.3) is 6.08 Å². The fourth-order valence-electron chi connectivity index (χ4n) is 0.906. The van der Waals surface area contributed by atoms with Crippen molar-refractivity contribution in [3.63, 3.8) is 0 Å². The average molecular weight is 158 g/mol. The normalized spacial score (nSPS) is 13.1. The molecule has 0 aliphatic heterocycles. The largest absolute Gasteiger partial charge is 0.102 e. The number of hydrogen-bond acceptors (Lipinski definition) is 0. The molecule has 0 fully saturated rings. The van der Waals surface area contributed by atoms with Crippen molar-refractivity contribution < 1.29 is 0 Å². The molecule has 0 aliphatic rings. The van der Waals surface area contributed by atoms with Crippen LogP contribution >= 0.6 is 0 Å². The van der Waals surface area contributed by atoms with Crippen molar-refractivity contribution in [2.75, 3.05) is 0 Å². The molecule has 1 aromatic rings. The van der Waals surface area contributed by atoms with Crippen LogP contribution in [0.4, 0.5) is 0 Å². The lowest BCUT2D eigenvalue weighted by atomic mass is 10.1. The Labute approximate surface area is 74.2 Å². The maximum Gasteiger partial charge on any atom is -0.00812 e. The summed E-state index contributed by atoms with van der Waals surface area (Å²) in [5.41, 5.74) is 1.24. The van der Waals surface area contributed by atoms with Gasteiger partial charge in [0.15, 0.2) is 0 Å². The van der Waals surface area contributed by atoms with E-state index in [0.717, 1.165) is 0 Å². The molecule has 0 amide bonds. The number of rotatable bonds is 3. The molecule has 0 saturated heterocycles. The minimum Gasteiger partial charge on any atom is -0.102 e. The van der Waals surface area contributed by atoms with E-state index in [2.05, 4.69) is 37.8 Å². The fourth-order valence-corrected chi connectivity index (χ4v) is 0.906. The smallest absolute Gasteiger partial charge is 0.00812 e. The van der Waals surface area contributed by atoms with Crippen molar-refractivity contribution in [1.29, 1.82) is 0 Å². The Morgan fingerprint density at radius 3 is 2.50 bits per heavy atom. The Morgan fingerprint density at radius 1 is 1.25 bits per heavy atom. The lowest BCUT2D eigenvalue weighted by molar-refractivity contribution is 0.950. The van der Waals surface area contributed by atoms with E-state index >= 15 is 0 Å². The predicted octanol–water partition coefficient (Wildman–Crippen LogP) is 3.52. The molecule has 0 nitrogen and oxygen atoms in total. The Kier molecular flexibility index (Phi) is 3.34. The minimum atomic E-state index is 0.449. The quantitative estimate of drug-likeness (QED) is 0.590. The van der Waals surface area contributed by atoms with Gasteiger partial charge in [-0.15, -0.1) is 6.58 Å². The Morgan fingerprint density at radius 2 is 1.92 bits per heavy atom. The monoisotopic (exact) mass is 158 g/mol. The highest BCUT2D eigenvalue weighted by Gasteiger charge is 1.87. The van der Waals surface area contributed by atoms with E-state index in [9.17, 15) is 0 Å². The standard InChI is InChI=1S/C12H14/c1-3-11(2)9-10-12-7-5-4-6-8-12/h3-11H,1H2,2H3/b10-9+/t11-/m0/s1. The van der Waals surface area contributed by atoms with Gasteiger partial charge < -0.3 is 0 Å². The molecule has 1 aromatic carbocycles. The number of hydrogen-bond donors (Lipinski definition) is 0. The molecule has 62 valence electrons. The zero-order valence-corrected chi connectivity index (χ0v) is 7.40. The van der Waals surface area contributed by atoms with Gasteiger partial charge in [0.2, 0.25) is 0 Å². The van der Waals surface area contributed by atoms with Crippen LogP contribution in [0.15, 0.2) is 49.1 Å². The van der Waals surface area contributed by atoms with Crippen molar-refractivity contribution in [3.05, 3.63) is 54.6 Å². The molecule has 0 saturated carbocycles. The molecule has 0 N–H and O–H groups in total. The van der Waals surface area contributed by atoms with Gasteiger partial charge in [-0.2, -0.15) is 0 Å². The highest BCUT2D eigenvalue weighted by molar-refractivity contribution is 5.49. The first kappa shape index (κ1) is 8.79. The molecule has 1 atom stereocenters. The maximum absolute atomic E-state index is 3.72. The summed E-state index contributed by atoms with van der Waals surface area (Å²) in [5.74, 6) is 0.449. The Balaban J connectivity index is 2.63. The van der Waals surface area contributed by atoms with Crippen LogP contribution in [0.1, 0.15) is 12.5 Å². The lowest BCUT2D eigenvalue weighted by Gasteiger charge is -1.95. The summed E-state index contributed by atoms with van der Waals surface area (Å²) in [6, 6.07) is 10.3. The summed E-state index contributed by atoms with van der Waals surface area (Å²) in [6.07, 6.45) is 6.19. The first-order valence-electron chi connectivity index (χ1n) is 4.18. The van der Waals surface area contributed by atoms with E-state index < -0.39 is 0 Å². The van der Waals surface area contributed by atoms with E-state index in [1.54, 1.807) is 0 Å². The molecular weight excluding hydrogens is 144 g/mol. The second-order valence-corrected chi connectivity index (χ2v) is 2.86. The molecule has 0 aromatic heterocycles. The summed E-state index contributed by atoms with van der Waals surface area (Å²) in [4.78, 5) is 0. The molecule has 0 radical (unpaired) electrons. The van der Waals surface area contributed by atoms with Crippen molar-refractivity contribution >= 4 is 6.08 Å². The maximum atomic E-state index is 3.72. The van der Waals surface area contributed by atoms with Gasteiger partial charge >= 0.3 is 0 Å². The van der Waals surface area contributed by atoms with E-state index in [4.69, 9.17) is 0 Å². The van der Waals surface area contributed by atoms with Gasteiger partial charge in [0.1, 0.15) is 0 Å². The van der Waals surface area contributed by atoms with Crippen molar-refractivity contribution in [2.45, 2.75) is 6.92 Å². The fraction of sp³-hybridized carbons (Fsp3) is 0.167. The van der Waals surface area contributed by atoms with Crippen molar-refractivity contribution in [2.24, 2.45) is 5.92 Å². The Hall–Kier alpha value is -1.30. The van der Waals surface area contributed by atoms with Crippen molar-refractivity contribution in [3.8, 4) is 0 Å². The van der Waals surface area contributed by atoms with Gasteiger partial charge in [0.05, 0.1) is 0 Å². The molecule has 0 bridgehead atoms. The first-order valence-corrected chi connectivity index (χ1v) is 4.18. The molecule has 0 unspecified atom stereocenters. The number of allylic oxidation sites excluding steroid dienone is 2. The second-order valence-electron chi connectivity index (χ2n) is 2.86. The summed E-state index contributed by atoms with van der Waals surface area (Å²) in [7, 11) is 0. The number of benzene rings is 1. The van der Waals surface area contributed by atoms with Crippen LogP contribution in [-0.4, -0.2) is 0 Å². The molecule has 0 spiro atoms. The molecule has 12 heavy (non-hydrogen) atoms. The SMILES string of the molecule is C=C[C@H](C)/C=C/c1ccccc1. The summed E-state index contributed by atoms with van der Waals surface area (Å²) in [6.45, 7) is 5.84.